The maximum Gasteiger partial charge on any atom is 0.161 e. The molecule has 0 saturated heterocycles. The molecule has 0 fully saturated rings. The largest absolute Gasteiger partial charge is 0.508 e. The molecule has 144 valence electrons. The minimum Gasteiger partial charge on any atom is -0.508 e. The highest BCUT2D eigenvalue weighted by Gasteiger charge is 2.32. The molecule has 1 aliphatic heterocycles. The number of fused-ring (bicyclic) bond motifs is 1. The van der Waals surface area contributed by atoms with Crippen LogP contribution in [0.4, 0.5) is 0 Å². The van der Waals surface area contributed by atoms with Crippen LogP contribution in [0.3, 0.4) is 0 Å². The molecule has 3 aromatic rings. The first kappa shape index (κ1) is 18.0. The fourth-order valence-electron chi connectivity index (χ4n) is 3.31. The normalized spacial score (nSPS) is 18.2. The predicted octanol–water partition coefficient (Wildman–Crippen LogP) is 3.42. The van der Waals surface area contributed by atoms with Gasteiger partial charge in [0.25, 0.3) is 0 Å². The number of hydrogen-bond acceptors (Lipinski definition) is 6. The topological polar surface area (TPSA) is 99.4 Å². The van der Waals surface area contributed by atoms with E-state index in [9.17, 15) is 20.4 Å². The van der Waals surface area contributed by atoms with E-state index in [2.05, 4.69) is 0 Å². The van der Waals surface area contributed by atoms with Crippen molar-refractivity contribution in [2.75, 3.05) is 0 Å². The van der Waals surface area contributed by atoms with E-state index in [1.165, 1.54) is 18.2 Å². The van der Waals surface area contributed by atoms with Gasteiger partial charge in [0.05, 0.1) is 6.10 Å². The standard InChI is InChI=1S/C22H20O6/c23-15-9-18(25)16-11-19(26)22(28-20(16)10-15)14-6-7-17(24)21(8-14)27-12-13-4-2-1-3-5-13/h1-10,19,22-26H,11-12H2/t19-,22-/m1/s1. The van der Waals surface area contributed by atoms with Crippen molar-refractivity contribution in [3.05, 3.63) is 77.4 Å². The third-order valence-corrected chi connectivity index (χ3v) is 4.74. The first-order valence-electron chi connectivity index (χ1n) is 8.90. The maximum absolute atomic E-state index is 10.5. The molecule has 0 aromatic heterocycles. The number of benzene rings is 3. The first-order chi connectivity index (χ1) is 13.5. The summed E-state index contributed by atoms with van der Waals surface area (Å²) in [7, 11) is 0. The number of aliphatic hydroxyl groups excluding tert-OH is 1. The Morgan fingerprint density at radius 2 is 1.71 bits per heavy atom. The lowest BCUT2D eigenvalue weighted by atomic mass is 9.94. The molecular weight excluding hydrogens is 360 g/mol. The number of phenolic OH excluding ortho intramolecular Hbond substituents is 3. The van der Waals surface area contributed by atoms with E-state index in [4.69, 9.17) is 9.47 Å². The molecule has 0 radical (unpaired) electrons. The summed E-state index contributed by atoms with van der Waals surface area (Å²) in [5.74, 6) is 0.337. The van der Waals surface area contributed by atoms with Crippen LogP contribution in [0, 0.1) is 0 Å². The van der Waals surface area contributed by atoms with E-state index in [-0.39, 0.29) is 36.0 Å². The van der Waals surface area contributed by atoms with Crippen molar-refractivity contribution in [2.24, 2.45) is 0 Å². The molecule has 4 rings (SSSR count). The molecular formula is C22H20O6. The van der Waals surface area contributed by atoms with Gasteiger partial charge in [0.1, 0.15) is 30.0 Å². The molecule has 0 spiro atoms. The van der Waals surface area contributed by atoms with Gasteiger partial charge in [0.15, 0.2) is 11.5 Å². The van der Waals surface area contributed by atoms with Gasteiger partial charge < -0.3 is 29.9 Å². The van der Waals surface area contributed by atoms with Gasteiger partial charge in [0, 0.05) is 24.1 Å². The smallest absolute Gasteiger partial charge is 0.161 e. The van der Waals surface area contributed by atoms with Gasteiger partial charge in [-0.3, -0.25) is 0 Å². The molecule has 1 aliphatic rings. The minimum absolute atomic E-state index is 0.0133. The van der Waals surface area contributed by atoms with Crippen molar-refractivity contribution in [3.63, 3.8) is 0 Å². The lowest BCUT2D eigenvalue weighted by Crippen LogP contribution is -2.30. The zero-order valence-corrected chi connectivity index (χ0v) is 14.9. The fraction of sp³-hybridized carbons (Fsp3) is 0.182. The van der Waals surface area contributed by atoms with Crippen molar-refractivity contribution in [2.45, 2.75) is 25.2 Å². The molecule has 0 saturated carbocycles. The van der Waals surface area contributed by atoms with Crippen LogP contribution in [0.25, 0.3) is 0 Å². The van der Waals surface area contributed by atoms with E-state index >= 15 is 0 Å². The van der Waals surface area contributed by atoms with Gasteiger partial charge in [-0.1, -0.05) is 36.4 Å². The molecule has 0 aliphatic carbocycles. The Bertz CT molecular complexity index is 986. The van der Waals surface area contributed by atoms with Crippen LogP contribution < -0.4 is 9.47 Å². The Hall–Kier alpha value is -3.38. The number of hydrogen-bond donors (Lipinski definition) is 4. The fourth-order valence-corrected chi connectivity index (χ4v) is 3.31. The van der Waals surface area contributed by atoms with Crippen LogP contribution in [-0.2, 0) is 13.0 Å². The van der Waals surface area contributed by atoms with E-state index < -0.39 is 12.2 Å². The summed E-state index contributed by atoms with van der Waals surface area (Å²) in [5.41, 5.74) is 2.02. The Morgan fingerprint density at radius 3 is 2.50 bits per heavy atom. The van der Waals surface area contributed by atoms with E-state index in [0.717, 1.165) is 5.56 Å². The zero-order chi connectivity index (χ0) is 19.7. The second-order valence-corrected chi connectivity index (χ2v) is 6.75. The van der Waals surface area contributed by atoms with Gasteiger partial charge >= 0.3 is 0 Å². The van der Waals surface area contributed by atoms with E-state index in [1.807, 2.05) is 30.3 Å². The molecule has 2 atom stereocenters. The summed E-state index contributed by atoms with van der Waals surface area (Å²) in [4.78, 5) is 0. The summed E-state index contributed by atoms with van der Waals surface area (Å²) in [6.07, 6.45) is -1.46. The van der Waals surface area contributed by atoms with Crippen LogP contribution in [0.15, 0.2) is 60.7 Å². The third-order valence-electron chi connectivity index (χ3n) is 4.74. The zero-order valence-electron chi connectivity index (χ0n) is 14.9. The average molecular weight is 380 g/mol. The van der Waals surface area contributed by atoms with Crippen molar-refractivity contribution in [1.82, 2.24) is 0 Å². The van der Waals surface area contributed by atoms with Crippen molar-refractivity contribution in [3.8, 4) is 28.7 Å². The number of aromatic hydroxyl groups is 3. The molecule has 0 unspecified atom stereocenters. The molecule has 0 amide bonds. The van der Waals surface area contributed by atoms with Crippen LogP contribution in [0.5, 0.6) is 28.7 Å². The molecule has 1 heterocycles. The van der Waals surface area contributed by atoms with Crippen molar-refractivity contribution < 1.29 is 29.9 Å². The lowest BCUT2D eigenvalue weighted by Gasteiger charge is -2.31. The van der Waals surface area contributed by atoms with E-state index in [1.54, 1.807) is 12.1 Å². The van der Waals surface area contributed by atoms with Gasteiger partial charge in [-0.2, -0.15) is 0 Å². The van der Waals surface area contributed by atoms with Crippen LogP contribution in [-0.4, -0.2) is 26.5 Å². The Balaban J connectivity index is 1.58. The average Bonchev–Trinajstić information content (AvgIpc) is 2.68. The number of phenols is 3. The molecule has 0 bridgehead atoms. The summed E-state index contributed by atoms with van der Waals surface area (Å²) in [6.45, 7) is 0.288. The summed E-state index contributed by atoms with van der Waals surface area (Å²) in [6, 6.07) is 16.9. The highest BCUT2D eigenvalue weighted by molar-refractivity contribution is 5.52. The monoisotopic (exact) mass is 380 g/mol. The van der Waals surface area contributed by atoms with E-state index in [0.29, 0.717) is 16.9 Å². The van der Waals surface area contributed by atoms with Gasteiger partial charge in [0.2, 0.25) is 0 Å². The summed E-state index contributed by atoms with van der Waals surface area (Å²) >= 11 is 0. The van der Waals surface area contributed by atoms with Crippen molar-refractivity contribution >= 4 is 0 Å². The van der Waals surface area contributed by atoms with Crippen LogP contribution in [0.1, 0.15) is 22.8 Å². The SMILES string of the molecule is Oc1cc(O)c2c(c1)O[C@H](c1ccc(O)c(OCc3ccccc3)c1)[C@H](O)C2. The van der Waals surface area contributed by atoms with Gasteiger partial charge in [-0.05, 0) is 23.3 Å². The third kappa shape index (κ3) is 3.54. The highest BCUT2D eigenvalue weighted by Crippen LogP contribution is 2.43. The Kier molecular flexibility index (Phi) is 4.71. The Morgan fingerprint density at radius 1 is 0.929 bits per heavy atom. The predicted molar refractivity (Wildman–Crippen MR) is 102 cm³/mol. The molecule has 6 nitrogen and oxygen atoms in total. The molecule has 28 heavy (non-hydrogen) atoms. The maximum atomic E-state index is 10.5. The summed E-state index contributed by atoms with van der Waals surface area (Å²) < 4.78 is 11.6. The second kappa shape index (κ2) is 7.32. The molecule has 4 N–H and O–H groups in total. The first-order valence-corrected chi connectivity index (χ1v) is 8.90. The van der Waals surface area contributed by atoms with Gasteiger partial charge in [-0.15, -0.1) is 0 Å². The molecule has 6 heteroatoms. The molecule has 3 aromatic carbocycles. The highest BCUT2D eigenvalue weighted by atomic mass is 16.5. The van der Waals surface area contributed by atoms with Crippen molar-refractivity contribution in [1.29, 1.82) is 0 Å². The second-order valence-electron chi connectivity index (χ2n) is 6.75. The minimum atomic E-state index is -0.908. The van der Waals surface area contributed by atoms with Gasteiger partial charge in [-0.25, -0.2) is 0 Å². The lowest BCUT2D eigenvalue weighted by molar-refractivity contribution is 0.0196. The summed E-state index contributed by atoms with van der Waals surface area (Å²) in [5, 5.41) is 40.3. The number of aliphatic hydroxyl groups is 1. The number of ether oxygens (including phenoxy) is 2. The quantitative estimate of drug-likeness (QED) is 0.554. The van der Waals surface area contributed by atoms with Crippen LogP contribution >= 0.6 is 0 Å². The number of rotatable bonds is 4. The van der Waals surface area contributed by atoms with Crippen LogP contribution in [0.2, 0.25) is 0 Å². The Labute approximate surface area is 161 Å².